The number of nitro groups is 2. The van der Waals surface area contributed by atoms with Gasteiger partial charge in [-0.1, -0.05) is 43.8 Å². The quantitative estimate of drug-likeness (QED) is 0.0896. The zero-order chi connectivity index (χ0) is 45.4. The smallest absolute Gasteiger partial charge is 0.269 e. The molecule has 0 radical (unpaired) electrons. The first-order valence-corrected chi connectivity index (χ1v) is 55.6. The summed E-state index contributed by atoms with van der Waals surface area (Å²) in [5, 5.41) is 34.2. The van der Waals surface area contributed by atoms with Crippen LogP contribution in [0.25, 0.3) is 66.8 Å². The molecule has 0 spiro atoms. The Labute approximate surface area is 438 Å². The first-order chi connectivity index (χ1) is 30.8. The van der Waals surface area contributed by atoms with E-state index in [1.54, 1.807) is 59.3 Å². The van der Waals surface area contributed by atoms with Gasteiger partial charge in [-0.15, -0.1) is 17.0 Å². The third-order valence-electron chi connectivity index (χ3n) is 9.52. The van der Waals surface area contributed by atoms with Crippen molar-refractivity contribution in [3.63, 3.8) is 0 Å². The van der Waals surface area contributed by atoms with Gasteiger partial charge >= 0.3 is 104 Å². The minimum atomic E-state index is -0.501. The SMILES string of the molecule is Br.C.COc1cnc2nc3c4ccccc4c(=O)n(-c4ccc([N+](=O)[O-])cc4)c3n2c1.I[I-]I(I)I(I)I.O=c1c2ccccc2c2nc3ncc(O)cn3c2n1-c1ccc([N+](=O)[O-])cc1. The van der Waals surface area contributed by atoms with Gasteiger partial charge in [0.05, 0.1) is 53.1 Å². The number of nitrogens with zero attached hydrogens (tertiary/aromatic N) is 10. The fourth-order valence-electron chi connectivity index (χ4n) is 6.84. The molecule has 0 saturated carbocycles. The van der Waals surface area contributed by atoms with Crippen LogP contribution in [0.1, 0.15) is 7.43 Å². The summed E-state index contributed by atoms with van der Waals surface area (Å²) in [6.07, 6.45) is 5.96. The number of halogens is 8. The second-order valence-electron chi connectivity index (χ2n) is 13.0. The molecular weight excluding hydrogens is 1720 g/mol. The number of fused-ring (bicyclic) bond motifs is 10. The van der Waals surface area contributed by atoms with Crippen molar-refractivity contribution in [2.75, 3.05) is 7.11 Å². The molecule has 0 aliphatic carbocycles. The van der Waals surface area contributed by atoms with Crippen molar-refractivity contribution in [3.05, 3.63) is 163 Å². The number of methoxy groups -OCH3 is 1. The number of aromatic nitrogens is 8. The third-order valence-corrected chi connectivity index (χ3v) is 257. The van der Waals surface area contributed by atoms with Gasteiger partial charge in [-0.3, -0.25) is 47.8 Å². The Bertz CT molecular complexity index is 3580. The van der Waals surface area contributed by atoms with Crippen molar-refractivity contribution >= 4 is 174 Å². The number of pyridine rings is 2. The maximum atomic E-state index is 13.4. The van der Waals surface area contributed by atoms with Crippen molar-refractivity contribution in [2.24, 2.45) is 0 Å². The zero-order valence-corrected chi connectivity index (χ0v) is 49.2. The summed E-state index contributed by atoms with van der Waals surface area (Å²) < 4.78 is 11.4. The Kier molecular flexibility index (Phi) is 18.0. The summed E-state index contributed by atoms with van der Waals surface area (Å²) in [6.45, 7) is 0. The molecule has 6 aromatic heterocycles. The number of non-ortho nitro benzene ring substituents is 2. The molecule has 0 aliphatic rings. The van der Waals surface area contributed by atoms with Crippen LogP contribution in [0.2, 0.25) is 0 Å². The van der Waals surface area contributed by atoms with E-state index < -0.39 is 9.85 Å². The number of rotatable bonds is 7. The average Bonchev–Trinajstić information content (AvgIpc) is 3.88. The van der Waals surface area contributed by atoms with E-state index in [2.05, 4.69) is 94.4 Å². The topological polar surface area (TPSA) is 220 Å². The van der Waals surface area contributed by atoms with E-state index in [-0.39, 0.29) is 68.4 Å². The van der Waals surface area contributed by atoms with E-state index in [0.717, 1.165) is 0 Å². The molecule has 6 heterocycles. The molecule has 10 aromatic rings. The Balaban J connectivity index is 0.000000186. The second kappa shape index (κ2) is 22.6. The Morgan fingerprint density at radius 1 is 0.667 bits per heavy atom. The number of ether oxygens (including phenoxy) is 1. The first-order valence-electron chi connectivity index (χ1n) is 17.8. The molecule has 0 atom stereocenters. The molecule has 0 fully saturated rings. The molecule has 0 amide bonds. The number of nitro benzene ring substituents is 2. The summed E-state index contributed by atoms with van der Waals surface area (Å²) in [7, 11) is 1.04. The van der Waals surface area contributed by atoms with E-state index in [4.69, 9.17) is 4.74 Å². The summed E-state index contributed by atoms with van der Waals surface area (Å²) in [5.41, 5.74) is 2.28. The van der Waals surface area contributed by atoms with Gasteiger partial charge in [-0.25, -0.2) is 19.9 Å². The molecule has 0 bridgehead atoms. The molecule has 4 aromatic carbocycles. The molecule has 344 valence electrons. The van der Waals surface area contributed by atoms with Crippen molar-refractivity contribution in [1.29, 1.82) is 0 Å². The van der Waals surface area contributed by atoms with Crippen LogP contribution in [0.3, 0.4) is 0 Å². The average molecular weight is 1750 g/mol. The standard InChI is InChI=1S/C20H13N5O4.C19H11N5O4.CH4.BrH.I7/c1-29-14-10-21-20-22-17-15-4-2-3-5-16(15)19(26)24(18(17)23(20)11-14)12-6-8-13(9-7-12)25(27)28;25-13-9-20-19-21-16-14-3-1-2-4-15(14)18(26)23(17(16)22(19)10-13)11-5-7-12(8-6-11)24(27)28;;;1-5-7(4)6(2)3/h2-11H,1H3;1-10,25H;1H4;1H;/q;;;;-1. The fraction of sp³-hybridized carbons (Fsp3) is 0.0500. The van der Waals surface area contributed by atoms with Crippen LogP contribution in [-0.2, 0) is 0 Å². The number of hydrogen-bond donors (Lipinski definition) is 1. The van der Waals surface area contributed by atoms with Crippen LogP contribution in [0.5, 0.6) is 11.5 Å². The van der Waals surface area contributed by atoms with Crippen molar-refractivity contribution in [2.45, 2.75) is 7.43 Å². The minimum Gasteiger partial charge on any atom is -0.505 e. The number of benzene rings is 4. The van der Waals surface area contributed by atoms with E-state index >= 15 is 0 Å². The van der Waals surface area contributed by atoms with E-state index in [1.807, 2.05) is 18.2 Å². The molecule has 66 heavy (non-hydrogen) atoms. The predicted molar refractivity (Wildman–Crippen MR) is 310 cm³/mol. The maximum Gasteiger partial charge on any atom is 0.269 e. The van der Waals surface area contributed by atoms with Crippen LogP contribution in [0.4, 0.5) is 11.4 Å². The monoisotopic (exact) mass is 1740 g/mol. The predicted octanol–water partition coefficient (Wildman–Crippen LogP) is 9.44. The van der Waals surface area contributed by atoms with Gasteiger partial charge < -0.3 is 9.84 Å². The fourth-order valence-corrected chi connectivity index (χ4v) is 216. The molecule has 1 N–H and O–H groups in total. The number of hydrogen-bond acceptors (Lipinski definition) is 12. The van der Waals surface area contributed by atoms with Gasteiger partial charge in [0.25, 0.3) is 22.5 Å². The normalized spacial score (nSPS) is 11.3. The van der Waals surface area contributed by atoms with E-state index in [1.165, 1.54) is 69.4 Å². The second-order valence-corrected chi connectivity index (χ2v) is 127. The molecule has 26 heteroatoms. The van der Waals surface area contributed by atoms with Crippen molar-refractivity contribution < 1.29 is 32.9 Å². The Morgan fingerprint density at radius 2 is 1.08 bits per heavy atom. The Hall–Kier alpha value is -2.95. The first kappa shape index (κ1) is 52.4. The number of imidazole rings is 2. The van der Waals surface area contributed by atoms with Gasteiger partial charge in [0, 0.05) is 45.8 Å². The van der Waals surface area contributed by atoms with Crippen molar-refractivity contribution in [1.82, 2.24) is 37.9 Å². The van der Waals surface area contributed by atoms with Crippen LogP contribution >= 0.6 is 107 Å². The van der Waals surface area contributed by atoms with Crippen LogP contribution in [0, 0.1) is 20.2 Å². The zero-order valence-electron chi connectivity index (χ0n) is 32.4. The molecule has 18 nitrogen and oxygen atoms in total. The van der Waals surface area contributed by atoms with Gasteiger partial charge in [0.1, 0.15) is 11.0 Å². The largest absolute Gasteiger partial charge is 0.505 e. The molecule has 0 aliphatic heterocycles. The van der Waals surface area contributed by atoms with Crippen LogP contribution in [0.15, 0.2) is 131 Å². The van der Waals surface area contributed by atoms with Gasteiger partial charge in [-0.05, 0) is 36.4 Å². The molecular formula is C40H29BrI7N10O8-. The minimum absolute atomic E-state index is 0. The summed E-state index contributed by atoms with van der Waals surface area (Å²) in [6, 6.07) is 25.8. The van der Waals surface area contributed by atoms with Crippen LogP contribution < -0.4 is 29.1 Å². The van der Waals surface area contributed by atoms with Crippen LogP contribution in [-0.4, -0.2) is 59.9 Å². The Morgan fingerprint density at radius 3 is 1.45 bits per heavy atom. The van der Waals surface area contributed by atoms with E-state index in [9.17, 15) is 34.9 Å². The molecule has 0 unspecified atom stereocenters. The summed E-state index contributed by atoms with van der Waals surface area (Å²) >= 11 is 11.4. The van der Waals surface area contributed by atoms with Gasteiger partial charge in [-0.2, -0.15) is 0 Å². The van der Waals surface area contributed by atoms with Gasteiger partial charge in [0.2, 0.25) is 11.6 Å². The maximum absolute atomic E-state index is 13.4. The van der Waals surface area contributed by atoms with E-state index in [0.29, 0.717) is 85.8 Å². The third kappa shape index (κ3) is 10.5. The van der Waals surface area contributed by atoms with Gasteiger partial charge in [0.15, 0.2) is 22.8 Å². The number of aromatic hydroxyl groups is 1. The molecule has 10 rings (SSSR count). The summed E-state index contributed by atoms with van der Waals surface area (Å²) in [4.78, 5) is 65.3. The summed E-state index contributed by atoms with van der Waals surface area (Å²) in [5.74, 6) is 1.15. The van der Waals surface area contributed by atoms with Crippen molar-refractivity contribution in [3.8, 4) is 22.9 Å². The molecule has 0 saturated heterocycles.